The van der Waals surface area contributed by atoms with Crippen LogP contribution in [0, 0.1) is 0 Å². The van der Waals surface area contributed by atoms with Crippen molar-refractivity contribution in [3.05, 3.63) is 57.8 Å². The molecule has 2 heterocycles. The van der Waals surface area contributed by atoms with E-state index in [1.54, 1.807) is 18.3 Å². The van der Waals surface area contributed by atoms with E-state index in [2.05, 4.69) is 53.8 Å². The van der Waals surface area contributed by atoms with Crippen molar-refractivity contribution < 1.29 is 9.59 Å². The van der Waals surface area contributed by atoms with Crippen molar-refractivity contribution in [1.29, 1.82) is 0 Å². The van der Waals surface area contributed by atoms with Crippen molar-refractivity contribution in [1.82, 2.24) is 15.5 Å². The predicted molar refractivity (Wildman–Crippen MR) is 123 cm³/mol. The second kappa shape index (κ2) is 9.75. The monoisotopic (exact) mass is 427 g/mol. The summed E-state index contributed by atoms with van der Waals surface area (Å²) in [6.45, 7) is 10.8. The van der Waals surface area contributed by atoms with E-state index in [9.17, 15) is 9.59 Å². The number of nitrogens with zero attached hydrogens (tertiary/aromatic N) is 1. The number of likely N-dealkylation sites (tertiary alicyclic amines) is 1. The van der Waals surface area contributed by atoms with Gasteiger partial charge < -0.3 is 10.6 Å². The van der Waals surface area contributed by atoms with E-state index in [-0.39, 0.29) is 23.3 Å². The SMILES string of the molecule is CC(NC(=O)c1ccc(C(C)(C)C)cc1)C(=O)NCC(c1cccs1)N1CCCC1. The Balaban J connectivity index is 1.55. The van der Waals surface area contributed by atoms with Crippen LogP contribution in [0.15, 0.2) is 41.8 Å². The summed E-state index contributed by atoms with van der Waals surface area (Å²) in [6, 6.07) is 11.4. The fourth-order valence-corrected chi connectivity index (χ4v) is 4.62. The van der Waals surface area contributed by atoms with Crippen molar-refractivity contribution in [3.63, 3.8) is 0 Å². The average Bonchev–Trinajstić information content (AvgIpc) is 3.42. The largest absolute Gasteiger partial charge is 0.352 e. The first-order chi connectivity index (χ1) is 14.3. The molecule has 1 aliphatic rings. The highest BCUT2D eigenvalue weighted by Crippen LogP contribution is 2.28. The molecular weight excluding hydrogens is 394 g/mol. The Bertz CT molecular complexity index is 834. The summed E-state index contributed by atoms with van der Waals surface area (Å²) < 4.78 is 0. The summed E-state index contributed by atoms with van der Waals surface area (Å²) in [5, 5.41) is 7.94. The molecule has 1 aromatic carbocycles. The smallest absolute Gasteiger partial charge is 0.251 e. The third kappa shape index (κ3) is 5.70. The number of hydrogen-bond donors (Lipinski definition) is 2. The molecule has 2 N–H and O–H groups in total. The number of thiophene rings is 1. The topological polar surface area (TPSA) is 61.4 Å². The fraction of sp³-hybridized carbons (Fsp3) is 0.500. The van der Waals surface area contributed by atoms with E-state index < -0.39 is 6.04 Å². The van der Waals surface area contributed by atoms with Gasteiger partial charge in [0.25, 0.3) is 5.91 Å². The minimum atomic E-state index is -0.595. The zero-order valence-corrected chi connectivity index (χ0v) is 19.2. The van der Waals surface area contributed by atoms with Gasteiger partial charge in [-0.15, -0.1) is 11.3 Å². The minimum absolute atomic E-state index is 0.0383. The second-order valence-corrected chi connectivity index (χ2v) is 10.0. The van der Waals surface area contributed by atoms with Gasteiger partial charge in [0.2, 0.25) is 5.91 Å². The first kappa shape index (κ1) is 22.5. The Morgan fingerprint density at radius 3 is 2.33 bits per heavy atom. The molecule has 1 saturated heterocycles. The number of amides is 2. The lowest BCUT2D eigenvalue weighted by molar-refractivity contribution is -0.122. The Labute approximate surface area is 183 Å². The molecule has 5 nitrogen and oxygen atoms in total. The number of rotatable bonds is 7. The van der Waals surface area contributed by atoms with Gasteiger partial charge in [-0.1, -0.05) is 39.0 Å². The summed E-state index contributed by atoms with van der Waals surface area (Å²) in [4.78, 5) is 28.9. The lowest BCUT2D eigenvalue weighted by Crippen LogP contribution is -2.47. The molecule has 0 spiro atoms. The summed E-state index contributed by atoms with van der Waals surface area (Å²) in [5.41, 5.74) is 1.78. The van der Waals surface area contributed by atoms with Crippen molar-refractivity contribution in [3.8, 4) is 0 Å². The zero-order chi connectivity index (χ0) is 21.7. The van der Waals surface area contributed by atoms with Crippen LogP contribution in [0.5, 0.6) is 0 Å². The predicted octanol–water partition coefficient (Wildman–Crippen LogP) is 4.12. The van der Waals surface area contributed by atoms with Crippen LogP contribution in [0.4, 0.5) is 0 Å². The molecule has 1 fully saturated rings. The lowest BCUT2D eigenvalue weighted by Gasteiger charge is -2.27. The molecule has 6 heteroatoms. The maximum absolute atomic E-state index is 12.6. The van der Waals surface area contributed by atoms with Gasteiger partial charge in [0, 0.05) is 17.0 Å². The van der Waals surface area contributed by atoms with Crippen molar-refractivity contribution in [2.45, 2.75) is 58.0 Å². The third-order valence-electron chi connectivity index (χ3n) is 5.68. The molecule has 2 amide bonds. The number of carbonyl (C=O) groups is 2. The highest BCUT2D eigenvalue weighted by atomic mass is 32.1. The molecule has 2 unspecified atom stereocenters. The van der Waals surface area contributed by atoms with Gasteiger partial charge in [-0.2, -0.15) is 0 Å². The molecule has 1 aromatic heterocycles. The molecule has 2 atom stereocenters. The van der Waals surface area contributed by atoms with E-state index in [0.29, 0.717) is 12.1 Å². The van der Waals surface area contributed by atoms with Gasteiger partial charge in [0.05, 0.1) is 6.04 Å². The number of benzene rings is 1. The van der Waals surface area contributed by atoms with Crippen LogP contribution in [0.1, 0.15) is 67.4 Å². The lowest BCUT2D eigenvalue weighted by atomic mass is 9.86. The molecule has 30 heavy (non-hydrogen) atoms. The Kier molecular flexibility index (Phi) is 7.32. The first-order valence-electron chi connectivity index (χ1n) is 10.7. The van der Waals surface area contributed by atoms with Crippen LogP contribution in [0.2, 0.25) is 0 Å². The number of carbonyl (C=O) groups excluding carboxylic acids is 2. The minimum Gasteiger partial charge on any atom is -0.352 e. The van der Waals surface area contributed by atoms with Gasteiger partial charge in [-0.05, 0) is 67.4 Å². The number of nitrogens with one attached hydrogen (secondary N) is 2. The molecule has 2 aromatic rings. The van der Waals surface area contributed by atoms with E-state index in [1.165, 1.54) is 23.3 Å². The van der Waals surface area contributed by atoms with Crippen LogP contribution in [0.3, 0.4) is 0 Å². The Morgan fingerprint density at radius 2 is 1.77 bits per heavy atom. The summed E-state index contributed by atoms with van der Waals surface area (Å²) >= 11 is 1.73. The van der Waals surface area contributed by atoms with Gasteiger partial charge in [-0.25, -0.2) is 0 Å². The van der Waals surface area contributed by atoms with Gasteiger partial charge in [0.1, 0.15) is 6.04 Å². The van der Waals surface area contributed by atoms with Crippen LogP contribution >= 0.6 is 11.3 Å². The van der Waals surface area contributed by atoms with E-state index >= 15 is 0 Å². The first-order valence-corrected chi connectivity index (χ1v) is 11.6. The summed E-state index contributed by atoms with van der Waals surface area (Å²) in [7, 11) is 0. The quantitative estimate of drug-likeness (QED) is 0.699. The normalized spacial score (nSPS) is 16.8. The van der Waals surface area contributed by atoms with Crippen LogP contribution in [-0.4, -0.2) is 42.4 Å². The summed E-state index contributed by atoms with van der Waals surface area (Å²) in [5.74, 6) is -0.386. The van der Waals surface area contributed by atoms with Crippen molar-refractivity contribution in [2.75, 3.05) is 19.6 Å². The Hall–Kier alpha value is -2.18. The van der Waals surface area contributed by atoms with E-state index in [0.717, 1.165) is 13.1 Å². The molecule has 3 rings (SSSR count). The van der Waals surface area contributed by atoms with Crippen molar-refractivity contribution >= 4 is 23.2 Å². The molecule has 0 bridgehead atoms. The van der Waals surface area contributed by atoms with Gasteiger partial charge >= 0.3 is 0 Å². The van der Waals surface area contributed by atoms with Gasteiger partial charge in [-0.3, -0.25) is 14.5 Å². The maximum Gasteiger partial charge on any atom is 0.251 e. The van der Waals surface area contributed by atoms with E-state index in [1.807, 2.05) is 24.3 Å². The molecule has 1 aliphatic heterocycles. The second-order valence-electron chi connectivity index (χ2n) is 9.04. The third-order valence-corrected chi connectivity index (χ3v) is 6.65. The maximum atomic E-state index is 12.6. The molecule has 0 radical (unpaired) electrons. The fourth-order valence-electron chi connectivity index (χ4n) is 3.76. The molecule has 162 valence electrons. The summed E-state index contributed by atoms with van der Waals surface area (Å²) in [6.07, 6.45) is 2.41. The number of hydrogen-bond acceptors (Lipinski definition) is 4. The molecule has 0 aliphatic carbocycles. The van der Waals surface area contributed by atoms with E-state index in [4.69, 9.17) is 0 Å². The highest BCUT2D eigenvalue weighted by Gasteiger charge is 2.26. The van der Waals surface area contributed by atoms with Crippen LogP contribution < -0.4 is 10.6 Å². The molecule has 0 saturated carbocycles. The average molecular weight is 428 g/mol. The standard InChI is InChI=1S/C24H33N3O2S/c1-17(26-23(29)18-9-11-19(12-10-18)24(2,3)4)22(28)25-16-20(21-8-7-15-30-21)27-13-5-6-14-27/h7-12,15,17,20H,5-6,13-14,16H2,1-4H3,(H,25,28)(H,26,29). The zero-order valence-electron chi connectivity index (χ0n) is 18.4. The van der Waals surface area contributed by atoms with Gasteiger partial charge in [0.15, 0.2) is 0 Å². The molecular formula is C24H33N3O2S. The van der Waals surface area contributed by atoms with Crippen LogP contribution in [-0.2, 0) is 10.2 Å². The van der Waals surface area contributed by atoms with Crippen LogP contribution in [0.25, 0.3) is 0 Å². The van der Waals surface area contributed by atoms with Crippen molar-refractivity contribution in [2.24, 2.45) is 0 Å². The highest BCUT2D eigenvalue weighted by molar-refractivity contribution is 7.10. The Morgan fingerprint density at radius 1 is 1.10 bits per heavy atom.